The van der Waals surface area contributed by atoms with Gasteiger partial charge in [0.05, 0.1) is 31.8 Å². The van der Waals surface area contributed by atoms with Crippen LogP contribution in [0.3, 0.4) is 0 Å². The Labute approximate surface area is 451 Å². The molecule has 0 unspecified atom stereocenters. The van der Waals surface area contributed by atoms with Gasteiger partial charge in [-0.3, -0.25) is 13.9 Å². The molecule has 3 aliphatic rings. The van der Waals surface area contributed by atoms with Crippen molar-refractivity contribution in [2.75, 3.05) is 49.1 Å². The molecule has 3 atom stereocenters. The van der Waals surface area contributed by atoms with Crippen LogP contribution in [-0.4, -0.2) is 96.0 Å². The molecule has 23 heteroatoms. The van der Waals surface area contributed by atoms with E-state index in [0.29, 0.717) is 50.7 Å². The van der Waals surface area contributed by atoms with Crippen molar-refractivity contribution >= 4 is 86.3 Å². The molecule has 0 bridgehead atoms. The number of nitrogens with one attached hydrogen (secondary N) is 1. The Morgan fingerprint density at radius 3 is 1.50 bits per heavy atom. The Balaban J connectivity index is 0.000000215. The number of ether oxygens (including phenoxy) is 3. The average molecular weight is 1110 g/mol. The third-order valence-electron chi connectivity index (χ3n) is 10.8. The number of halogens is 5. The zero-order valence-electron chi connectivity index (χ0n) is 40.4. The van der Waals surface area contributed by atoms with Gasteiger partial charge >= 0.3 is 10.4 Å². The Morgan fingerprint density at radius 2 is 1.09 bits per heavy atom. The number of hydrogen-bond acceptors (Lipinski definition) is 12. The van der Waals surface area contributed by atoms with Crippen molar-refractivity contribution in [3.05, 3.63) is 176 Å². The summed E-state index contributed by atoms with van der Waals surface area (Å²) in [4.78, 5) is 35.1. The Morgan fingerprint density at radius 1 is 0.676 bits per heavy atom. The number of aryl methyl sites for hydroxylation is 3. The van der Waals surface area contributed by atoms with Crippen LogP contribution in [0.2, 0.25) is 15.1 Å². The zero-order chi connectivity index (χ0) is 53.1. The van der Waals surface area contributed by atoms with E-state index < -0.39 is 22.1 Å². The van der Waals surface area contributed by atoms with Gasteiger partial charge in [-0.1, -0.05) is 53.0 Å². The van der Waals surface area contributed by atoms with Gasteiger partial charge in [0, 0.05) is 95.7 Å². The third-order valence-corrected chi connectivity index (χ3v) is 11.5. The first kappa shape index (κ1) is 60.0. The smallest absolute Gasteiger partial charge is 0.394 e. The minimum Gasteiger partial charge on any atom is -0.473 e. The molecule has 5 N–H and O–H groups in total. The maximum Gasteiger partial charge on any atom is 0.394 e. The standard InChI is InChI=1S/C17H18ClN3O2.C17H16ClN3O.C10H14N2O.C7H3ClFN.ClH.H2O4S/c1-11-2-5-16(20-9-11)23-13-6-7-21(10-13)15-4-3-12(18)8-14(15)17(19)22;1-12-3-6-17(20-10-12)22-14-7-8-21(11-14)16-5-4-13(18)9-15(16)19-2;1-8-2-3-10(12-6-8)13-9-4-5-11-7-9;1-10-7-4-5(8)2-3-6(7)9;;1-5(2,3)4/h2-5,8-9,13H,6-7,10H2,1H3,(H2,19,22);3-6,9-10,14H,7-8,11H2,1H3;2-3,6,9,11H,4-5,7H2,1H3;2-4H;1H;(H2,1,2,3,4)/t13-;14-;9-;;;/m111.../s1. The quantitative estimate of drug-likeness (QED) is 0.0784. The highest BCUT2D eigenvalue weighted by Gasteiger charge is 2.28. The molecule has 0 saturated carbocycles. The minimum atomic E-state index is -4.67. The fraction of sp³-hybridized carbons (Fsp3) is 0.294. The topological polar surface area (TPSA) is 211 Å². The lowest BCUT2D eigenvalue weighted by Gasteiger charge is -2.21. The van der Waals surface area contributed by atoms with Crippen LogP contribution in [0, 0.1) is 39.7 Å². The molecular formula is C51H54Cl4FN9O8S. The fourth-order valence-electron chi connectivity index (χ4n) is 7.31. The molecule has 9 rings (SSSR count). The summed E-state index contributed by atoms with van der Waals surface area (Å²) in [5, 5.41) is 4.72. The predicted molar refractivity (Wildman–Crippen MR) is 288 cm³/mol. The average Bonchev–Trinajstić information content (AvgIpc) is 4.16. The van der Waals surface area contributed by atoms with E-state index in [1.165, 1.54) is 18.2 Å². The highest BCUT2D eigenvalue weighted by Crippen LogP contribution is 2.34. The number of aromatic nitrogens is 3. The number of benzene rings is 3. The lowest BCUT2D eigenvalue weighted by molar-refractivity contribution is 0.100. The fourth-order valence-corrected chi connectivity index (χ4v) is 7.81. The van der Waals surface area contributed by atoms with Crippen molar-refractivity contribution in [1.82, 2.24) is 20.3 Å². The van der Waals surface area contributed by atoms with E-state index in [1.54, 1.807) is 30.6 Å². The van der Waals surface area contributed by atoms with Crippen molar-refractivity contribution in [1.29, 1.82) is 0 Å². The summed E-state index contributed by atoms with van der Waals surface area (Å²) >= 11 is 17.4. The van der Waals surface area contributed by atoms with Crippen LogP contribution >= 0.6 is 47.2 Å². The molecule has 3 aromatic carbocycles. The molecule has 0 spiro atoms. The molecular weight excluding hydrogens is 1060 g/mol. The predicted octanol–water partition coefficient (Wildman–Crippen LogP) is 11.0. The maximum atomic E-state index is 12.5. The zero-order valence-corrected chi connectivity index (χ0v) is 44.3. The third kappa shape index (κ3) is 20.4. The summed E-state index contributed by atoms with van der Waals surface area (Å²) in [6, 6.07) is 26.2. The molecule has 6 aromatic rings. The Bertz CT molecular complexity index is 2960. The first-order valence-electron chi connectivity index (χ1n) is 22.5. The number of pyridine rings is 3. The van der Waals surface area contributed by atoms with Gasteiger partial charge in [-0.15, -0.1) is 12.4 Å². The van der Waals surface area contributed by atoms with Gasteiger partial charge in [0.25, 0.3) is 5.91 Å². The number of hydrogen-bond donors (Lipinski definition) is 4. The first-order valence-corrected chi connectivity index (χ1v) is 25.1. The summed E-state index contributed by atoms with van der Waals surface area (Å²) in [6.45, 7) is 24.9. The van der Waals surface area contributed by atoms with E-state index in [-0.39, 0.29) is 30.3 Å². The van der Waals surface area contributed by atoms with Gasteiger partial charge in [-0.25, -0.2) is 29.0 Å². The van der Waals surface area contributed by atoms with E-state index in [9.17, 15) is 9.18 Å². The van der Waals surface area contributed by atoms with Crippen LogP contribution in [0.25, 0.3) is 9.69 Å². The Hall–Kier alpha value is -6.52. The second-order valence-corrected chi connectivity index (χ2v) is 18.8. The van der Waals surface area contributed by atoms with Crippen LogP contribution < -0.4 is 35.1 Å². The normalized spacial score (nSPS) is 16.3. The van der Waals surface area contributed by atoms with Crippen LogP contribution in [-0.2, 0) is 10.4 Å². The largest absolute Gasteiger partial charge is 0.473 e. The minimum absolute atomic E-state index is 0. The van der Waals surface area contributed by atoms with E-state index in [4.69, 9.17) is 85.4 Å². The van der Waals surface area contributed by atoms with Crippen molar-refractivity contribution in [2.24, 2.45) is 5.73 Å². The lowest BCUT2D eigenvalue weighted by Crippen LogP contribution is -2.27. The van der Waals surface area contributed by atoms with Crippen LogP contribution in [0.4, 0.5) is 27.1 Å². The van der Waals surface area contributed by atoms with Gasteiger partial charge in [0.1, 0.15) is 24.1 Å². The number of primary amides is 1. The van der Waals surface area contributed by atoms with Crippen molar-refractivity contribution in [2.45, 2.75) is 58.3 Å². The van der Waals surface area contributed by atoms with Crippen molar-refractivity contribution < 1.29 is 40.9 Å². The summed E-state index contributed by atoms with van der Waals surface area (Å²) in [5.41, 5.74) is 11.5. The number of anilines is 2. The number of amides is 1. The van der Waals surface area contributed by atoms with Gasteiger partial charge in [0.2, 0.25) is 29.0 Å². The van der Waals surface area contributed by atoms with Crippen LogP contribution in [0.5, 0.6) is 17.6 Å². The molecule has 6 heterocycles. The number of nitrogens with two attached hydrogens (primary N) is 1. The number of carbonyl (C=O) groups excluding carboxylic acids is 1. The molecule has 1 amide bonds. The maximum absolute atomic E-state index is 12.5. The lowest BCUT2D eigenvalue weighted by atomic mass is 10.1. The van der Waals surface area contributed by atoms with E-state index in [2.05, 4.69) is 39.8 Å². The van der Waals surface area contributed by atoms with E-state index in [0.717, 1.165) is 85.9 Å². The Kier molecular flexibility index (Phi) is 23.8. The molecule has 0 aliphatic carbocycles. The second-order valence-electron chi connectivity index (χ2n) is 16.6. The summed E-state index contributed by atoms with van der Waals surface area (Å²) in [6.07, 6.45) is 8.69. The molecule has 3 saturated heterocycles. The van der Waals surface area contributed by atoms with Gasteiger partial charge in [-0.2, -0.15) is 8.42 Å². The molecule has 0 radical (unpaired) electrons. The monoisotopic (exact) mass is 1110 g/mol. The van der Waals surface area contributed by atoms with Gasteiger partial charge in [0.15, 0.2) is 0 Å². The molecule has 3 aliphatic heterocycles. The van der Waals surface area contributed by atoms with Gasteiger partial charge in [-0.05, 0) is 105 Å². The van der Waals surface area contributed by atoms with Crippen molar-refractivity contribution in [3.8, 4) is 17.6 Å². The summed E-state index contributed by atoms with van der Waals surface area (Å²) < 4.78 is 61.6. The van der Waals surface area contributed by atoms with Gasteiger partial charge < -0.3 is 35.1 Å². The molecule has 3 aromatic heterocycles. The van der Waals surface area contributed by atoms with E-state index >= 15 is 0 Å². The summed E-state index contributed by atoms with van der Waals surface area (Å²) in [7, 11) is -4.67. The highest BCUT2D eigenvalue weighted by atomic mass is 35.5. The first-order chi connectivity index (χ1) is 34.8. The molecule has 392 valence electrons. The van der Waals surface area contributed by atoms with Crippen molar-refractivity contribution in [3.63, 3.8) is 0 Å². The number of rotatable bonds is 9. The molecule has 3 fully saturated rings. The highest BCUT2D eigenvalue weighted by molar-refractivity contribution is 7.79. The molecule has 74 heavy (non-hydrogen) atoms. The number of carbonyl (C=O) groups is 1. The second kappa shape index (κ2) is 29.4. The number of nitrogens with zero attached hydrogens (tertiary/aromatic N) is 7. The van der Waals surface area contributed by atoms with Crippen LogP contribution in [0.1, 0.15) is 46.3 Å². The van der Waals surface area contributed by atoms with Crippen LogP contribution in [0.15, 0.2) is 110 Å². The SMILES string of the molecule is Cc1ccc(O[C@@H]2CCN(c3ccc(Cl)cc3C(N)=O)C2)nc1.Cc1ccc(O[C@@H]2CCNC2)nc1.Cl.O=S(=O)(O)O.[C-]#[N+]c1cc(Cl)ccc1F.[C-]#[N+]c1cc(Cl)ccc1N1CC[C@@H](Oc2ccc(C)cn2)C1. The summed E-state index contributed by atoms with van der Waals surface area (Å²) in [5.74, 6) is 0.999. The molecule has 17 nitrogen and oxygen atoms in total. The van der Waals surface area contributed by atoms with E-state index in [1.807, 2.05) is 81.6 Å².